The summed E-state index contributed by atoms with van der Waals surface area (Å²) < 4.78 is 0.910. The SMILES string of the molecule is NCC1CCN(C(=O)c2ccccc2C(=O)c2ccc(Br)cc2)C1. The Labute approximate surface area is 149 Å². The van der Waals surface area contributed by atoms with Crippen molar-refractivity contribution in [3.63, 3.8) is 0 Å². The van der Waals surface area contributed by atoms with Gasteiger partial charge in [0.15, 0.2) is 5.78 Å². The van der Waals surface area contributed by atoms with Crippen LogP contribution in [-0.4, -0.2) is 36.2 Å². The maximum absolute atomic E-state index is 12.8. The Kier molecular flexibility index (Phi) is 5.11. The van der Waals surface area contributed by atoms with Gasteiger partial charge in [-0.25, -0.2) is 0 Å². The molecule has 0 spiro atoms. The first-order valence-electron chi connectivity index (χ1n) is 7.99. The minimum absolute atomic E-state index is 0.0907. The number of nitrogens with two attached hydrogens (primary N) is 1. The van der Waals surface area contributed by atoms with Crippen LogP contribution in [0, 0.1) is 5.92 Å². The smallest absolute Gasteiger partial charge is 0.254 e. The lowest BCUT2D eigenvalue weighted by Crippen LogP contribution is -2.31. The van der Waals surface area contributed by atoms with E-state index in [1.807, 2.05) is 12.1 Å². The van der Waals surface area contributed by atoms with Gasteiger partial charge in [-0.1, -0.05) is 34.1 Å². The summed E-state index contributed by atoms with van der Waals surface area (Å²) in [5.74, 6) is 0.122. The first-order chi connectivity index (χ1) is 11.6. The van der Waals surface area contributed by atoms with Gasteiger partial charge in [0.2, 0.25) is 0 Å². The van der Waals surface area contributed by atoms with Gasteiger partial charge >= 0.3 is 0 Å². The molecule has 1 saturated heterocycles. The first kappa shape index (κ1) is 16.9. The number of nitrogens with zero attached hydrogens (tertiary/aromatic N) is 1. The Hall–Kier alpha value is -1.98. The molecule has 0 aliphatic carbocycles. The molecule has 1 aliphatic rings. The van der Waals surface area contributed by atoms with Crippen molar-refractivity contribution in [3.8, 4) is 0 Å². The number of hydrogen-bond acceptors (Lipinski definition) is 3. The predicted molar refractivity (Wildman–Crippen MR) is 97.1 cm³/mol. The Morgan fingerprint density at radius 2 is 1.75 bits per heavy atom. The Bertz CT molecular complexity index is 758. The van der Waals surface area contributed by atoms with Crippen LogP contribution in [-0.2, 0) is 0 Å². The normalized spacial score (nSPS) is 17.1. The molecule has 0 bridgehead atoms. The van der Waals surface area contributed by atoms with Crippen LogP contribution < -0.4 is 5.73 Å². The summed E-state index contributed by atoms with van der Waals surface area (Å²) in [5, 5.41) is 0. The number of carbonyl (C=O) groups excluding carboxylic acids is 2. The van der Waals surface area contributed by atoms with E-state index in [1.54, 1.807) is 41.3 Å². The van der Waals surface area contributed by atoms with E-state index < -0.39 is 0 Å². The topological polar surface area (TPSA) is 63.4 Å². The molecule has 4 nitrogen and oxygen atoms in total. The molecule has 1 fully saturated rings. The number of rotatable bonds is 4. The Balaban J connectivity index is 1.89. The van der Waals surface area contributed by atoms with E-state index in [0.29, 0.717) is 42.2 Å². The maximum atomic E-state index is 12.8. The fourth-order valence-electron chi connectivity index (χ4n) is 3.00. The standard InChI is InChI=1S/C19H19BrN2O2/c20-15-7-5-14(6-8-15)18(23)16-3-1-2-4-17(16)19(24)22-10-9-13(11-21)12-22/h1-8,13H,9-12,21H2. The van der Waals surface area contributed by atoms with Crippen LogP contribution in [0.15, 0.2) is 53.0 Å². The number of likely N-dealkylation sites (tertiary alicyclic amines) is 1. The summed E-state index contributed by atoms with van der Waals surface area (Å²) in [6.07, 6.45) is 0.922. The van der Waals surface area contributed by atoms with E-state index in [-0.39, 0.29) is 11.7 Å². The molecule has 1 heterocycles. The van der Waals surface area contributed by atoms with Crippen LogP contribution in [0.5, 0.6) is 0 Å². The third-order valence-corrected chi connectivity index (χ3v) is 4.94. The molecule has 5 heteroatoms. The monoisotopic (exact) mass is 386 g/mol. The third kappa shape index (κ3) is 3.42. The molecule has 1 atom stereocenters. The highest BCUT2D eigenvalue weighted by atomic mass is 79.9. The van der Waals surface area contributed by atoms with Crippen molar-refractivity contribution >= 4 is 27.6 Å². The Morgan fingerprint density at radius 1 is 1.08 bits per heavy atom. The van der Waals surface area contributed by atoms with Crippen molar-refractivity contribution in [2.45, 2.75) is 6.42 Å². The fraction of sp³-hybridized carbons (Fsp3) is 0.263. The second-order valence-corrected chi connectivity index (χ2v) is 6.94. The van der Waals surface area contributed by atoms with E-state index in [1.165, 1.54) is 0 Å². The molecular formula is C19H19BrN2O2. The molecule has 1 amide bonds. The average Bonchev–Trinajstić information content (AvgIpc) is 3.10. The van der Waals surface area contributed by atoms with Crippen LogP contribution >= 0.6 is 15.9 Å². The van der Waals surface area contributed by atoms with E-state index in [2.05, 4.69) is 15.9 Å². The van der Waals surface area contributed by atoms with E-state index in [9.17, 15) is 9.59 Å². The van der Waals surface area contributed by atoms with E-state index in [4.69, 9.17) is 5.73 Å². The zero-order chi connectivity index (χ0) is 17.1. The zero-order valence-electron chi connectivity index (χ0n) is 13.2. The lowest BCUT2D eigenvalue weighted by Gasteiger charge is -2.18. The van der Waals surface area contributed by atoms with Crippen molar-refractivity contribution in [2.24, 2.45) is 11.7 Å². The molecule has 2 N–H and O–H groups in total. The summed E-state index contributed by atoms with van der Waals surface area (Å²) >= 11 is 3.36. The van der Waals surface area contributed by atoms with Crippen LogP contribution in [0.1, 0.15) is 32.7 Å². The van der Waals surface area contributed by atoms with Gasteiger partial charge in [0.05, 0.1) is 5.56 Å². The highest BCUT2D eigenvalue weighted by Gasteiger charge is 2.28. The van der Waals surface area contributed by atoms with Crippen LogP contribution in [0.25, 0.3) is 0 Å². The molecule has 1 aliphatic heterocycles. The lowest BCUT2D eigenvalue weighted by atomic mass is 9.97. The van der Waals surface area contributed by atoms with E-state index in [0.717, 1.165) is 10.9 Å². The summed E-state index contributed by atoms with van der Waals surface area (Å²) in [6.45, 7) is 1.95. The second-order valence-electron chi connectivity index (χ2n) is 6.02. The number of halogens is 1. The van der Waals surface area contributed by atoms with Crippen molar-refractivity contribution in [1.82, 2.24) is 4.90 Å². The fourth-order valence-corrected chi connectivity index (χ4v) is 3.27. The number of carbonyl (C=O) groups is 2. The molecule has 0 radical (unpaired) electrons. The number of amides is 1. The van der Waals surface area contributed by atoms with Gasteiger partial charge in [-0.2, -0.15) is 0 Å². The molecule has 2 aromatic rings. The molecule has 124 valence electrons. The first-order valence-corrected chi connectivity index (χ1v) is 8.78. The highest BCUT2D eigenvalue weighted by Crippen LogP contribution is 2.22. The second kappa shape index (κ2) is 7.28. The van der Waals surface area contributed by atoms with Gasteiger partial charge in [-0.15, -0.1) is 0 Å². The van der Waals surface area contributed by atoms with E-state index >= 15 is 0 Å². The minimum Gasteiger partial charge on any atom is -0.338 e. The van der Waals surface area contributed by atoms with Crippen LogP contribution in [0.2, 0.25) is 0 Å². The van der Waals surface area contributed by atoms with Crippen LogP contribution in [0.4, 0.5) is 0 Å². The molecule has 3 rings (SSSR count). The van der Waals surface area contributed by atoms with Gasteiger partial charge in [-0.05, 0) is 49.2 Å². The summed E-state index contributed by atoms with van der Waals surface area (Å²) in [4.78, 5) is 27.5. The molecule has 0 saturated carbocycles. The molecule has 24 heavy (non-hydrogen) atoms. The molecular weight excluding hydrogens is 368 g/mol. The lowest BCUT2D eigenvalue weighted by molar-refractivity contribution is 0.0783. The maximum Gasteiger partial charge on any atom is 0.254 e. The number of benzene rings is 2. The minimum atomic E-state index is -0.138. The quantitative estimate of drug-likeness (QED) is 0.821. The highest BCUT2D eigenvalue weighted by molar-refractivity contribution is 9.10. The van der Waals surface area contributed by atoms with Crippen molar-refractivity contribution in [1.29, 1.82) is 0 Å². The van der Waals surface area contributed by atoms with Crippen molar-refractivity contribution in [2.75, 3.05) is 19.6 Å². The Morgan fingerprint density at radius 3 is 2.38 bits per heavy atom. The summed E-state index contributed by atoms with van der Waals surface area (Å²) in [5.41, 5.74) is 7.18. The number of ketones is 1. The third-order valence-electron chi connectivity index (χ3n) is 4.41. The molecule has 0 aromatic heterocycles. The zero-order valence-corrected chi connectivity index (χ0v) is 14.8. The van der Waals surface area contributed by atoms with Gasteiger partial charge in [-0.3, -0.25) is 9.59 Å². The largest absolute Gasteiger partial charge is 0.338 e. The molecule has 2 aromatic carbocycles. The van der Waals surface area contributed by atoms with Gasteiger partial charge in [0, 0.05) is 28.7 Å². The van der Waals surface area contributed by atoms with Crippen molar-refractivity contribution in [3.05, 3.63) is 69.7 Å². The number of hydrogen-bond donors (Lipinski definition) is 1. The van der Waals surface area contributed by atoms with Crippen molar-refractivity contribution < 1.29 is 9.59 Å². The van der Waals surface area contributed by atoms with Gasteiger partial charge in [0.25, 0.3) is 5.91 Å². The summed E-state index contributed by atoms with van der Waals surface area (Å²) in [7, 11) is 0. The predicted octanol–water partition coefficient (Wildman–Crippen LogP) is 3.10. The average molecular weight is 387 g/mol. The van der Waals surface area contributed by atoms with Gasteiger partial charge in [0.1, 0.15) is 0 Å². The van der Waals surface area contributed by atoms with Crippen LogP contribution in [0.3, 0.4) is 0 Å². The summed E-state index contributed by atoms with van der Waals surface area (Å²) in [6, 6.07) is 14.2. The van der Waals surface area contributed by atoms with Gasteiger partial charge < -0.3 is 10.6 Å². The molecule has 1 unspecified atom stereocenters.